The average molecular weight is 726 g/mol. The van der Waals surface area contributed by atoms with E-state index in [1.54, 1.807) is 45.0 Å². The lowest BCUT2D eigenvalue weighted by molar-refractivity contribution is -0.157. The van der Waals surface area contributed by atoms with Crippen LogP contribution in [0.1, 0.15) is 84.1 Å². The van der Waals surface area contributed by atoms with Crippen LogP contribution in [0.3, 0.4) is 0 Å². The maximum absolute atomic E-state index is 13.9. The number of hydrogen-bond donors (Lipinski definition) is 4. The Bertz CT molecular complexity index is 1600. The van der Waals surface area contributed by atoms with Gasteiger partial charge in [-0.05, 0) is 67.5 Å². The summed E-state index contributed by atoms with van der Waals surface area (Å²) in [7, 11) is 1.51. The minimum Gasteiger partial charge on any atom is -0.495 e. The van der Waals surface area contributed by atoms with Crippen LogP contribution < -0.4 is 20.7 Å². The average Bonchev–Trinajstić information content (AvgIpc) is 3.87. The fourth-order valence-electron chi connectivity index (χ4n) is 6.07. The highest BCUT2D eigenvalue weighted by molar-refractivity contribution is 6.32. The molecule has 2 aromatic carbocycles. The molecule has 0 spiro atoms. The molecular weight excluding hydrogens is 674 g/mol. The van der Waals surface area contributed by atoms with Crippen molar-refractivity contribution >= 4 is 35.3 Å². The van der Waals surface area contributed by atoms with Crippen molar-refractivity contribution < 1.29 is 38.5 Å². The summed E-state index contributed by atoms with van der Waals surface area (Å²) in [4.78, 5) is 54.8. The lowest BCUT2D eigenvalue weighted by Gasteiger charge is -2.35. The molecule has 2 aliphatic rings. The fraction of sp³-hybridized carbons (Fsp3) is 0.538. The second kappa shape index (κ2) is 16.6. The topological polar surface area (TPSA) is 156 Å². The fourth-order valence-corrected chi connectivity index (χ4v) is 6.35. The number of benzene rings is 2. The van der Waals surface area contributed by atoms with Crippen LogP contribution in [0.25, 0.3) is 0 Å². The number of epoxide rings is 1. The van der Waals surface area contributed by atoms with Crippen LogP contribution in [-0.2, 0) is 41.7 Å². The summed E-state index contributed by atoms with van der Waals surface area (Å²) in [6.07, 6.45) is 2.37. The molecule has 0 saturated carbocycles. The highest BCUT2D eigenvalue weighted by Crippen LogP contribution is 2.45. The summed E-state index contributed by atoms with van der Waals surface area (Å²) in [5, 5.41) is 18.4. The van der Waals surface area contributed by atoms with Crippen LogP contribution in [0.5, 0.6) is 5.75 Å². The standard InChI is InChI=1S/C39H52ClN3O8/c1-22(33-34(51-33)26-15-12-24(21-44)13-16-26)30-10-9-11-32(45)42-28(19-25-14-17-31(49-8)27(40)18-25)35(46)41-23(2)39(6,7)37(48)43-29(36(47)50-30)20-38(3,4)5/h9,11-18,22-23,28-30,33-34,44H,10,19-21H2,1-8H3,(H,41,46)(H,42,45)(H,43,48)/b11-9+/t22?,23-,28+,29-,30-,33+,34+/m0/s1. The highest BCUT2D eigenvalue weighted by atomic mass is 35.5. The highest BCUT2D eigenvalue weighted by Gasteiger charge is 2.48. The molecule has 4 rings (SSSR count). The molecule has 2 heterocycles. The molecule has 1 unspecified atom stereocenters. The number of nitrogens with one attached hydrogen (secondary N) is 3. The van der Waals surface area contributed by atoms with E-state index >= 15 is 0 Å². The van der Waals surface area contributed by atoms with E-state index in [1.165, 1.54) is 13.2 Å². The smallest absolute Gasteiger partial charge is 0.328 e. The zero-order valence-corrected chi connectivity index (χ0v) is 31.5. The first-order chi connectivity index (χ1) is 23.9. The van der Waals surface area contributed by atoms with Gasteiger partial charge in [-0.2, -0.15) is 0 Å². The predicted octanol–water partition coefficient (Wildman–Crippen LogP) is 4.97. The number of methoxy groups -OCH3 is 1. The van der Waals surface area contributed by atoms with Gasteiger partial charge in [0.05, 0.1) is 30.3 Å². The number of halogens is 1. The van der Waals surface area contributed by atoms with E-state index in [9.17, 15) is 24.3 Å². The number of amides is 3. The lowest BCUT2D eigenvalue weighted by Crippen LogP contribution is -2.58. The van der Waals surface area contributed by atoms with Crippen molar-refractivity contribution in [2.45, 2.75) is 111 Å². The zero-order valence-electron chi connectivity index (χ0n) is 30.7. The quantitative estimate of drug-likeness (QED) is 0.220. The number of cyclic esters (lactones) is 1. The van der Waals surface area contributed by atoms with E-state index in [4.69, 9.17) is 25.8 Å². The molecule has 0 aromatic heterocycles. The van der Waals surface area contributed by atoms with E-state index in [0.29, 0.717) is 22.8 Å². The number of aliphatic hydroxyl groups is 1. The zero-order chi connectivity index (χ0) is 37.7. The van der Waals surface area contributed by atoms with Crippen molar-refractivity contribution in [1.82, 2.24) is 16.0 Å². The molecule has 7 atom stereocenters. The van der Waals surface area contributed by atoms with Crippen LogP contribution in [0.2, 0.25) is 5.02 Å². The third-order valence-corrected chi connectivity index (χ3v) is 10.0. The molecule has 51 heavy (non-hydrogen) atoms. The van der Waals surface area contributed by atoms with Gasteiger partial charge in [-0.15, -0.1) is 0 Å². The summed E-state index contributed by atoms with van der Waals surface area (Å²) < 4.78 is 17.5. The monoisotopic (exact) mass is 725 g/mol. The van der Waals surface area contributed by atoms with Crippen LogP contribution in [0.4, 0.5) is 0 Å². The first-order valence-corrected chi connectivity index (χ1v) is 17.8. The Hall–Kier alpha value is -3.93. The normalized spacial score (nSPS) is 27.3. The Morgan fingerprint density at radius 2 is 1.67 bits per heavy atom. The molecule has 278 valence electrons. The van der Waals surface area contributed by atoms with Crippen molar-refractivity contribution in [3.63, 3.8) is 0 Å². The number of carbonyl (C=O) groups is 4. The first-order valence-electron chi connectivity index (χ1n) is 17.4. The number of ether oxygens (including phenoxy) is 3. The van der Waals surface area contributed by atoms with E-state index < -0.39 is 53.3 Å². The molecule has 12 heteroatoms. The van der Waals surface area contributed by atoms with Crippen LogP contribution in [0.15, 0.2) is 54.6 Å². The summed E-state index contributed by atoms with van der Waals surface area (Å²) in [6.45, 7) is 12.9. The maximum Gasteiger partial charge on any atom is 0.328 e. The lowest BCUT2D eigenvalue weighted by atomic mass is 9.82. The molecule has 1 fully saturated rings. The molecule has 2 aliphatic heterocycles. The second-order valence-corrected chi connectivity index (χ2v) is 15.8. The number of rotatable bonds is 8. The van der Waals surface area contributed by atoms with Crippen molar-refractivity contribution in [3.8, 4) is 5.75 Å². The van der Waals surface area contributed by atoms with Gasteiger partial charge in [-0.1, -0.05) is 75.7 Å². The number of esters is 1. The number of carbonyl (C=O) groups excluding carboxylic acids is 4. The second-order valence-electron chi connectivity index (χ2n) is 15.4. The first kappa shape index (κ1) is 39.8. The van der Waals surface area contributed by atoms with Crippen molar-refractivity contribution in [2.75, 3.05) is 7.11 Å². The number of aliphatic hydroxyl groups excluding tert-OH is 1. The van der Waals surface area contributed by atoms with Gasteiger partial charge in [0.15, 0.2) is 0 Å². The Morgan fingerprint density at radius 1 is 1.00 bits per heavy atom. The Kier molecular flexibility index (Phi) is 13.0. The Labute approximate surface area is 305 Å². The molecule has 11 nitrogen and oxygen atoms in total. The SMILES string of the molecule is COc1ccc(C[C@H]2NC(=O)/C=C/C[C@@H](C(C)[C@H]3O[C@@H]3c3ccc(CO)cc3)OC(=O)[C@H](CC(C)(C)C)NC(=O)C(C)(C)[C@H](C)NC2=O)cc1Cl. The molecule has 3 amide bonds. The minimum atomic E-state index is -1.16. The van der Waals surface area contributed by atoms with Crippen molar-refractivity contribution in [2.24, 2.45) is 16.7 Å². The summed E-state index contributed by atoms with van der Waals surface area (Å²) in [5.41, 5.74) is 0.921. The van der Waals surface area contributed by atoms with Gasteiger partial charge >= 0.3 is 5.97 Å². The Balaban J connectivity index is 1.65. The van der Waals surface area contributed by atoms with Gasteiger partial charge in [-0.3, -0.25) is 14.4 Å². The predicted molar refractivity (Wildman–Crippen MR) is 194 cm³/mol. The number of hydrogen-bond acceptors (Lipinski definition) is 8. The van der Waals surface area contributed by atoms with Gasteiger partial charge in [0.2, 0.25) is 17.7 Å². The van der Waals surface area contributed by atoms with E-state index in [2.05, 4.69) is 16.0 Å². The summed E-state index contributed by atoms with van der Waals surface area (Å²) in [5.74, 6) is -1.82. The largest absolute Gasteiger partial charge is 0.495 e. The van der Waals surface area contributed by atoms with Crippen LogP contribution in [-0.4, -0.2) is 66.2 Å². The molecule has 4 N–H and O–H groups in total. The van der Waals surface area contributed by atoms with Gasteiger partial charge in [0, 0.05) is 24.8 Å². The van der Waals surface area contributed by atoms with Crippen LogP contribution in [0, 0.1) is 16.7 Å². The third kappa shape index (κ3) is 10.6. The van der Waals surface area contributed by atoms with E-state index in [-0.39, 0.29) is 43.0 Å². The molecular formula is C39H52ClN3O8. The van der Waals surface area contributed by atoms with Crippen molar-refractivity contribution in [3.05, 3.63) is 76.3 Å². The molecule has 0 aliphatic carbocycles. The van der Waals surface area contributed by atoms with Gasteiger partial charge in [-0.25, -0.2) is 4.79 Å². The maximum atomic E-state index is 13.9. The van der Waals surface area contributed by atoms with Gasteiger partial charge in [0.1, 0.15) is 30.0 Å². The molecule has 1 saturated heterocycles. The summed E-state index contributed by atoms with van der Waals surface area (Å²) >= 11 is 6.36. The molecule has 0 bridgehead atoms. The summed E-state index contributed by atoms with van der Waals surface area (Å²) in [6, 6.07) is 9.97. The third-order valence-electron chi connectivity index (χ3n) is 9.75. The van der Waals surface area contributed by atoms with E-state index in [1.807, 2.05) is 52.0 Å². The van der Waals surface area contributed by atoms with Gasteiger partial charge < -0.3 is 35.3 Å². The molecule has 2 aromatic rings. The van der Waals surface area contributed by atoms with Crippen molar-refractivity contribution in [1.29, 1.82) is 0 Å². The molecule has 0 radical (unpaired) electrons. The van der Waals surface area contributed by atoms with E-state index in [0.717, 1.165) is 11.1 Å². The Morgan fingerprint density at radius 3 is 2.27 bits per heavy atom. The van der Waals surface area contributed by atoms with Crippen LogP contribution >= 0.6 is 11.6 Å². The van der Waals surface area contributed by atoms with Gasteiger partial charge in [0.25, 0.3) is 0 Å². The minimum absolute atomic E-state index is 0.0623.